The molecule has 0 saturated carbocycles. The molecule has 0 aromatic heterocycles. The van der Waals surface area contributed by atoms with Crippen LogP contribution in [0.1, 0.15) is 284 Å². The van der Waals surface area contributed by atoms with Gasteiger partial charge in [-0.2, -0.15) is 0 Å². The number of carbonyl (C=O) groups is 1. The first kappa shape index (κ1) is 63.0. The highest BCUT2D eigenvalue weighted by Gasteiger charge is 2.25. The third-order valence-electron chi connectivity index (χ3n) is 12.3. The highest BCUT2D eigenvalue weighted by Crippen LogP contribution is 2.43. The van der Waals surface area contributed by atoms with E-state index in [1.807, 2.05) is 0 Å². The van der Waals surface area contributed by atoms with Crippen LogP contribution in [0.4, 0.5) is 0 Å². The van der Waals surface area contributed by atoms with Crippen molar-refractivity contribution >= 4 is 13.8 Å². The minimum atomic E-state index is -4.28. The van der Waals surface area contributed by atoms with Gasteiger partial charge in [0.2, 0.25) is 0 Å². The van der Waals surface area contributed by atoms with E-state index in [0.29, 0.717) is 13.0 Å². The van der Waals surface area contributed by atoms with Crippen molar-refractivity contribution in [2.75, 3.05) is 33.0 Å². The lowest BCUT2D eigenvalue weighted by Crippen LogP contribution is -2.28. The van der Waals surface area contributed by atoms with Gasteiger partial charge in [0.05, 0.1) is 19.8 Å². The van der Waals surface area contributed by atoms with E-state index in [0.717, 1.165) is 32.1 Å². The van der Waals surface area contributed by atoms with Gasteiger partial charge in [-0.05, 0) is 64.2 Å². The number of unbranched alkanes of at least 4 members (excludes halogenated alkanes) is 37. The fourth-order valence-corrected chi connectivity index (χ4v) is 8.99. The predicted octanol–water partition coefficient (Wildman–Crippen LogP) is 17.5. The molecule has 0 spiro atoms. The zero-order chi connectivity index (χ0) is 46.5. The molecule has 9 heteroatoms. The third-order valence-corrected chi connectivity index (χ3v) is 13.3. The lowest BCUT2D eigenvalue weighted by atomic mass is 10.0. The standard InChI is InChI=1S/C55H108NO7P/c1-3-5-7-9-11-13-15-17-19-21-23-24-25-26-27-28-29-31-33-35-37-39-41-43-45-47-50-60-52-54(53-62-64(58,59)61-51-49-56)63-55(57)48-46-44-42-40-38-36-34-32-30-22-20-18-16-14-12-10-8-6-4-2/h18,20-21,23,54H,3-17,19,22,24-53,56H2,1-2H3,(H,58,59)/b20-18-,23-21-. The highest BCUT2D eigenvalue weighted by atomic mass is 31.2. The molecule has 2 unspecified atom stereocenters. The minimum absolute atomic E-state index is 0.0935. The number of allylic oxidation sites excluding steroid dienone is 4. The molecule has 3 N–H and O–H groups in total. The first-order chi connectivity index (χ1) is 31.4. The van der Waals surface area contributed by atoms with Gasteiger partial charge >= 0.3 is 13.8 Å². The summed E-state index contributed by atoms with van der Waals surface area (Å²) in [5.41, 5.74) is 5.40. The third kappa shape index (κ3) is 52.0. The monoisotopic (exact) mass is 926 g/mol. The molecule has 0 aliphatic carbocycles. The molecule has 0 heterocycles. The van der Waals surface area contributed by atoms with E-state index in [4.69, 9.17) is 24.3 Å². The second-order valence-corrected chi connectivity index (χ2v) is 20.2. The summed E-state index contributed by atoms with van der Waals surface area (Å²) in [6, 6.07) is 0. The number of hydrogen-bond acceptors (Lipinski definition) is 7. The lowest BCUT2D eigenvalue weighted by Gasteiger charge is -2.20. The topological polar surface area (TPSA) is 117 Å². The number of esters is 1. The first-order valence-electron chi connectivity index (χ1n) is 27.8. The Balaban J connectivity index is 3.85. The number of phosphoric acid groups is 1. The second-order valence-electron chi connectivity index (χ2n) is 18.8. The average Bonchev–Trinajstić information content (AvgIpc) is 3.29. The van der Waals surface area contributed by atoms with E-state index in [1.54, 1.807) is 0 Å². The minimum Gasteiger partial charge on any atom is -0.457 e. The molecule has 0 bridgehead atoms. The van der Waals surface area contributed by atoms with Crippen molar-refractivity contribution in [2.45, 2.75) is 290 Å². The summed E-state index contributed by atoms with van der Waals surface area (Å²) in [7, 11) is -4.28. The van der Waals surface area contributed by atoms with Gasteiger partial charge in [0.25, 0.3) is 0 Å². The fourth-order valence-electron chi connectivity index (χ4n) is 8.23. The maximum Gasteiger partial charge on any atom is 0.472 e. The van der Waals surface area contributed by atoms with Gasteiger partial charge in [0.15, 0.2) is 0 Å². The van der Waals surface area contributed by atoms with Gasteiger partial charge in [-0.25, -0.2) is 4.57 Å². The van der Waals surface area contributed by atoms with Crippen molar-refractivity contribution in [3.63, 3.8) is 0 Å². The molecular weight excluding hydrogens is 818 g/mol. The zero-order valence-corrected chi connectivity index (χ0v) is 43.4. The SMILES string of the molecule is CCCCCCCC/C=C\CCCCCCCCCCCC(=O)OC(COCCCCCCCCCCCCCCCC/C=C\CCCCCCCCCC)COP(=O)(O)OCCN. The molecule has 8 nitrogen and oxygen atoms in total. The maximum atomic E-state index is 12.7. The lowest BCUT2D eigenvalue weighted by molar-refractivity contribution is -0.154. The number of phosphoric ester groups is 1. The number of nitrogens with two attached hydrogens (primary N) is 1. The Labute approximate surface area is 397 Å². The molecule has 0 aliphatic heterocycles. The van der Waals surface area contributed by atoms with Crippen LogP contribution in [0, 0.1) is 0 Å². The number of carbonyl (C=O) groups excluding carboxylic acids is 1. The normalized spacial score (nSPS) is 13.4. The quantitative estimate of drug-likeness (QED) is 0.0268. The molecule has 64 heavy (non-hydrogen) atoms. The Morgan fingerprint density at radius 2 is 0.781 bits per heavy atom. The van der Waals surface area contributed by atoms with Crippen molar-refractivity contribution in [1.82, 2.24) is 0 Å². The largest absolute Gasteiger partial charge is 0.472 e. The highest BCUT2D eigenvalue weighted by molar-refractivity contribution is 7.47. The molecule has 0 fully saturated rings. The van der Waals surface area contributed by atoms with E-state index in [1.165, 1.54) is 231 Å². The molecule has 0 aromatic carbocycles. The van der Waals surface area contributed by atoms with Crippen molar-refractivity contribution in [3.8, 4) is 0 Å². The smallest absolute Gasteiger partial charge is 0.457 e. The number of hydrogen-bond donors (Lipinski definition) is 2. The van der Waals surface area contributed by atoms with E-state index in [2.05, 4.69) is 38.2 Å². The summed E-state index contributed by atoms with van der Waals surface area (Å²) in [4.78, 5) is 22.6. The van der Waals surface area contributed by atoms with Gasteiger partial charge in [-0.15, -0.1) is 0 Å². The van der Waals surface area contributed by atoms with Crippen LogP contribution >= 0.6 is 7.82 Å². The summed E-state index contributed by atoms with van der Waals surface area (Å²) in [6.45, 7) is 4.98. The van der Waals surface area contributed by atoms with Crippen LogP contribution in [-0.2, 0) is 27.9 Å². The summed E-state index contributed by atoms with van der Waals surface area (Å²) >= 11 is 0. The van der Waals surface area contributed by atoms with Gasteiger partial charge in [-0.1, -0.05) is 237 Å². The Hall–Kier alpha value is -1.02. The molecule has 380 valence electrons. The van der Waals surface area contributed by atoms with Crippen LogP contribution in [0.3, 0.4) is 0 Å². The molecule has 0 radical (unpaired) electrons. The van der Waals surface area contributed by atoms with Crippen molar-refractivity contribution < 1.29 is 32.8 Å². The molecule has 0 rings (SSSR count). The van der Waals surface area contributed by atoms with Gasteiger partial charge in [0, 0.05) is 19.6 Å². The van der Waals surface area contributed by atoms with E-state index in [-0.39, 0.29) is 32.3 Å². The molecular formula is C55H108NO7P. The van der Waals surface area contributed by atoms with Gasteiger partial charge in [0.1, 0.15) is 6.10 Å². The van der Waals surface area contributed by atoms with Crippen molar-refractivity contribution in [3.05, 3.63) is 24.3 Å². The average molecular weight is 926 g/mol. The molecule has 0 amide bonds. The Kier molecular flexibility index (Phi) is 52.1. The Morgan fingerprint density at radius 3 is 1.14 bits per heavy atom. The fraction of sp³-hybridized carbons (Fsp3) is 0.909. The van der Waals surface area contributed by atoms with Gasteiger partial charge in [-0.3, -0.25) is 13.8 Å². The van der Waals surface area contributed by atoms with Crippen LogP contribution in [-0.4, -0.2) is 49.9 Å². The Bertz CT molecular complexity index is 1040. The van der Waals surface area contributed by atoms with Crippen LogP contribution in [0.25, 0.3) is 0 Å². The number of ether oxygens (including phenoxy) is 2. The van der Waals surface area contributed by atoms with E-state index in [9.17, 15) is 14.3 Å². The molecule has 0 aromatic rings. The number of rotatable bonds is 54. The summed E-state index contributed by atoms with van der Waals surface area (Å²) < 4.78 is 33.7. The summed E-state index contributed by atoms with van der Waals surface area (Å²) in [5.74, 6) is -0.327. The molecule has 2 atom stereocenters. The summed E-state index contributed by atoms with van der Waals surface area (Å²) in [6.07, 6.45) is 62.3. The van der Waals surface area contributed by atoms with E-state index < -0.39 is 13.9 Å². The van der Waals surface area contributed by atoms with E-state index >= 15 is 0 Å². The van der Waals surface area contributed by atoms with Crippen LogP contribution in [0.5, 0.6) is 0 Å². The maximum absolute atomic E-state index is 12.7. The predicted molar refractivity (Wildman–Crippen MR) is 275 cm³/mol. The van der Waals surface area contributed by atoms with Crippen molar-refractivity contribution in [2.24, 2.45) is 5.73 Å². The summed E-state index contributed by atoms with van der Waals surface area (Å²) in [5, 5.41) is 0. The second kappa shape index (κ2) is 52.9. The molecule has 0 aliphatic rings. The zero-order valence-electron chi connectivity index (χ0n) is 42.5. The van der Waals surface area contributed by atoms with Crippen molar-refractivity contribution in [1.29, 1.82) is 0 Å². The van der Waals surface area contributed by atoms with Crippen LogP contribution in [0.15, 0.2) is 24.3 Å². The van der Waals surface area contributed by atoms with Gasteiger partial charge < -0.3 is 20.1 Å². The molecule has 0 saturated heterocycles. The Morgan fingerprint density at radius 1 is 0.453 bits per heavy atom. The first-order valence-corrected chi connectivity index (χ1v) is 29.3. The van der Waals surface area contributed by atoms with Crippen LogP contribution in [0.2, 0.25) is 0 Å². The van der Waals surface area contributed by atoms with Crippen LogP contribution < -0.4 is 5.73 Å².